The van der Waals surface area contributed by atoms with Gasteiger partial charge in [-0.3, -0.25) is 13.9 Å². The maximum Gasteiger partial charge on any atom is 0.244 e. The first-order chi connectivity index (χ1) is 16.1. The Labute approximate surface area is 200 Å². The first-order valence-electron chi connectivity index (χ1n) is 11.0. The van der Waals surface area contributed by atoms with Crippen molar-refractivity contribution in [2.24, 2.45) is 0 Å². The molecule has 2 aromatic carbocycles. The Hall–Kier alpha value is -3.14. The second kappa shape index (κ2) is 12.4. The largest absolute Gasteiger partial charge is 0.497 e. The van der Waals surface area contributed by atoms with Crippen LogP contribution in [0.3, 0.4) is 0 Å². The number of amides is 2. The molecule has 1 N–H and O–H groups in total. The van der Waals surface area contributed by atoms with E-state index in [2.05, 4.69) is 5.32 Å². The van der Waals surface area contributed by atoms with Gasteiger partial charge in [0.05, 0.1) is 19.1 Å². The van der Waals surface area contributed by atoms with Crippen molar-refractivity contribution in [2.75, 3.05) is 30.8 Å². The molecule has 1 atom stereocenters. The van der Waals surface area contributed by atoms with Gasteiger partial charge in [-0.2, -0.15) is 0 Å². The average Bonchev–Trinajstić information content (AvgIpc) is 2.80. The predicted octanol–water partition coefficient (Wildman–Crippen LogP) is 2.93. The van der Waals surface area contributed by atoms with Gasteiger partial charge >= 0.3 is 0 Å². The van der Waals surface area contributed by atoms with E-state index in [1.54, 1.807) is 31.2 Å². The molecule has 0 spiro atoms. The van der Waals surface area contributed by atoms with Gasteiger partial charge in [0.25, 0.3) is 0 Å². The minimum atomic E-state index is -3.86. The third-order valence-corrected chi connectivity index (χ3v) is 6.42. The fourth-order valence-electron chi connectivity index (χ4n) is 3.31. The number of methoxy groups -OCH3 is 1. The van der Waals surface area contributed by atoms with Gasteiger partial charge in [0.2, 0.25) is 21.8 Å². The number of benzene rings is 2. The molecule has 8 nitrogen and oxygen atoms in total. The van der Waals surface area contributed by atoms with E-state index in [9.17, 15) is 22.4 Å². The zero-order valence-corrected chi connectivity index (χ0v) is 20.8. The van der Waals surface area contributed by atoms with Gasteiger partial charge in [0.1, 0.15) is 24.2 Å². The molecule has 0 saturated carbocycles. The highest BCUT2D eigenvalue weighted by Crippen LogP contribution is 2.20. The second-order valence-electron chi connectivity index (χ2n) is 7.94. The fraction of sp³-hybridized carbons (Fsp3) is 0.417. The summed E-state index contributed by atoms with van der Waals surface area (Å²) >= 11 is 0. The van der Waals surface area contributed by atoms with Crippen LogP contribution in [0.25, 0.3) is 0 Å². The number of unbranched alkanes of at least 4 members (excludes halogenated alkanes) is 1. The Morgan fingerprint density at radius 2 is 1.82 bits per heavy atom. The van der Waals surface area contributed by atoms with E-state index < -0.39 is 34.3 Å². The van der Waals surface area contributed by atoms with Crippen molar-refractivity contribution in [3.8, 4) is 5.75 Å². The van der Waals surface area contributed by atoms with E-state index >= 15 is 0 Å². The van der Waals surface area contributed by atoms with E-state index in [-0.39, 0.29) is 18.1 Å². The number of carbonyl (C=O) groups is 2. The third kappa shape index (κ3) is 7.72. The smallest absolute Gasteiger partial charge is 0.244 e. The number of nitrogens with one attached hydrogen (secondary N) is 1. The molecule has 34 heavy (non-hydrogen) atoms. The Morgan fingerprint density at radius 3 is 2.41 bits per heavy atom. The van der Waals surface area contributed by atoms with E-state index in [4.69, 9.17) is 4.74 Å². The van der Waals surface area contributed by atoms with E-state index in [1.165, 1.54) is 24.1 Å². The highest BCUT2D eigenvalue weighted by atomic mass is 32.2. The lowest BCUT2D eigenvalue weighted by Gasteiger charge is -2.31. The Morgan fingerprint density at radius 1 is 1.15 bits per heavy atom. The number of hydrogen-bond acceptors (Lipinski definition) is 5. The monoisotopic (exact) mass is 493 g/mol. The lowest BCUT2D eigenvalue weighted by molar-refractivity contribution is -0.139. The summed E-state index contributed by atoms with van der Waals surface area (Å²) in [6.45, 7) is 3.61. The summed E-state index contributed by atoms with van der Waals surface area (Å²) in [6, 6.07) is 11.0. The molecule has 0 aliphatic rings. The lowest BCUT2D eigenvalue weighted by atomic mass is 10.1. The molecule has 0 aromatic heterocycles. The van der Waals surface area contributed by atoms with Crippen LogP contribution in [0, 0.1) is 5.82 Å². The number of rotatable bonds is 12. The first kappa shape index (κ1) is 27.1. The number of carbonyl (C=O) groups excluding carboxylic acids is 2. The summed E-state index contributed by atoms with van der Waals surface area (Å²) < 4.78 is 44.4. The molecule has 0 radical (unpaired) electrons. The van der Waals surface area contributed by atoms with Crippen LogP contribution < -0.4 is 14.4 Å². The van der Waals surface area contributed by atoms with Gasteiger partial charge in [0.15, 0.2) is 0 Å². The molecule has 2 aromatic rings. The molecular formula is C24H32FN3O5S. The molecule has 2 amide bonds. The second-order valence-corrected chi connectivity index (χ2v) is 9.85. The summed E-state index contributed by atoms with van der Waals surface area (Å²) in [6.07, 6.45) is 2.67. The Bertz CT molecular complexity index is 1080. The van der Waals surface area contributed by atoms with Crippen molar-refractivity contribution >= 4 is 27.5 Å². The van der Waals surface area contributed by atoms with Crippen LogP contribution in [0.15, 0.2) is 48.5 Å². The van der Waals surface area contributed by atoms with Gasteiger partial charge in [-0.05, 0) is 55.3 Å². The number of sulfonamides is 1. The van der Waals surface area contributed by atoms with Crippen LogP contribution in [-0.4, -0.2) is 57.6 Å². The van der Waals surface area contributed by atoms with Crippen molar-refractivity contribution in [2.45, 2.75) is 39.3 Å². The van der Waals surface area contributed by atoms with E-state index in [0.717, 1.165) is 35.5 Å². The quantitative estimate of drug-likeness (QED) is 0.459. The van der Waals surface area contributed by atoms with Crippen molar-refractivity contribution in [3.63, 3.8) is 0 Å². The van der Waals surface area contributed by atoms with Crippen LogP contribution in [0.4, 0.5) is 10.1 Å². The molecule has 0 bridgehead atoms. The van der Waals surface area contributed by atoms with Gasteiger partial charge < -0.3 is 15.0 Å². The molecule has 0 unspecified atom stereocenters. The van der Waals surface area contributed by atoms with E-state index in [0.29, 0.717) is 17.9 Å². The molecule has 0 saturated heterocycles. The molecule has 0 heterocycles. The van der Waals surface area contributed by atoms with Gasteiger partial charge in [-0.15, -0.1) is 0 Å². The normalized spacial score (nSPS) is 12.0. The molecule has 2 rings (SSSR count). The summed E-state index contributed by atoms with van der Waals surface area (Å²) in [5, 5.41) is 2.82. The number of halogens is 1. The first-order valence-corrected chi connectivity index (χ1v) is 12.8. The summed E-state index contributed by atoms with van der Waals surface area (Å²) in [4.78, 5) is 27.5. The molecular weight excluding hydrogens is 461 g/mol. The highest BCUT2D eigenvalue weighted by Gasteiger charge is 2.30. The van der Waals surface area contributed by atoms with Gasteiger partial charge in [0, 0.05) is 13.1 Å². The molecule has 0 aliphatic carbocycles. The fourth-order valence-corrected chi connectivity index (χ4v) is 4.16. The SMILES string of the molecule is CCCCNC(=O)[C@@H](C)N(Cc1cccc(OC)c1)C(=O)CN(c1ccc(F)cc1)S(C)(=O)=O. The zero-order chi connectivity index (χ0) is 25.3. The molecule has 186 valence electrons. The van der Waals surface area contributed by atoms with Crippen molar-refractivity contribution < 1.29 is 27.1 Å². The minimum absolute atomic E-state index is 0.0689. The average molecular weight is 494 g/mol. The van der Waals surface area contributed by atoms with Crippen molar-refractivity contribution in [1.82, 2.24) is 10.2 Å². The summed E-state index contributed by atoms with van der Waals surface area (Å²) in [5.74, 6) is -0.845. The third-order valence-electron chi connectivity index (χ3n) is 5.28. The molecule has 0 fully saturated rings. The minimum Gasteiger partial charge on any atom is -0.497 e. The summed E-state index contributed by atoms with van der Waals surface area (Å²) in [5.41, 5.74) is 0.868. The topological polar surface area (TPSA) is 96.0 Å². The lowest BCUT2D eigenvalue weighted by Crippen LogP contribution is -2.51. The Balaban J connectivity index is 2.35. The van der Waals surface area contributed by atoms with Crippen LogP contribution >= 0.6 is 0 Å². The van der Waals surface area contributed by atoms with E-state index in [1.807, 2.05) is 6.92 Å². The number of nitrogens with zero attached hydrogens (tertiary/aromatic N) is 2. The molecule has 10 heteroatoms. The predicted molar refractivity (Wildman–Crippen MR) is 130 cm³/mol. The van der Waals surface area contributed by atoms with Gasteiger partial charge in [-0.25, -0.2) is 12.8 Å². The maximum atomic E-state index is 13.4. The number of ether oxygens (including phenoxy) is 1. The Kier molecular flexibility index (Phi) is 9.85. The van der Waals surface area contributed by atoms with Crippen LogP contribution in [0.1, 0.15) is 32.3 Å². The number of anilines is 1. The standard InChI is InChI=1S/C24H32FN3O5S/c1-5-6-14-26-24(30)18(2)27(16-19-8-7-9-22(15-19)33-3)23(29)17-28(34(4,31)32)21-12-10-20(25)11-13-21/h7-13,15,18H,5-6,14,16-17H2,1-4H3,(H,26,30)/t18-/m1/s1. The van der Waals surface area contributed by atoms with Crippen molar-refractivity contribution in [3.05, 3.63) is 59.9 Å². The zero-order valence-electron chi connectivity index (χ0n) is 20.0. The molecule has 0 aliphatic heterocycles. The van der Waals surface area contributed by atoms with Gasteiger partial charge in [-0.1, -0.05) is 25.5 Å². The van der Waals surface area contributed by atoms with Crippen LogP contribution in [0.2, 0.25) is 0 Å². The van der Waals surface area contributed by atoms with Crippen molar-refractivity contribution in [1.29, 1.82) is 0 Å². The number of hydrogen-bond donors (Lipinski definition) is 1. The highest BCUT2D eigenvalue weighted by molar-refractivity contribution is 7.92. The van der Waals surface area contributed by atoms with Crippen LogP contribution in [-0.2, 0) is 26.2 Å². The van der Waals surface area contributed by atoms with Crippen LogP contribution in [0.5, 0.6) is 5.75 Å². The maximum absolute atomic E-state index is 13.4. The summed E-state index contributed by atoms with van der Waals surface area (Å²) in [7, 11) is -2.34.